The Morgan fingerprint density at radius 2 is 1.05 bits per heavy atom. The Labute approximate surface area is 450 Å². The van der Waals surface area contributed by atoms with Crippen molar-refractivity contribution in [2.24, 2.45) is 78.8 Å². The molecule has 0 aliphatic heterocycles. The molecule has 73 heavy (non-hydrogen) atoms. The lowest BCUT2D eigenvalue weighted by Crippen LogP contribution is -2.55. The van der Waals surface area contributed by atoms with Gasteiger partial charge < -0.3 is 14.9 Å². The third-order valence-electron chi connectivity index (χ3n) is 24.6. The molecule has 0 bridgehead atoms. The van der Waals surface area contributed by atoms with Crippen molar-refractivity contribution in [2.75, 3.05) is 0 Å². The number of esters is 1. The van der Waals surface area contributed by atoms with Crippen LogP contribution in [0.5, 0.6) is 5.75 Å². The van der Waals surface area contributed by atoms with Crippen molar-refractivity contribution in [3.05, 3.63) is 75.4 Å². The summed E-state index contributed by atoms with van der Waals surface area (Å²) in [5.74, 6) is 3.99. The predicted molar refractivity (Wildman–Crippen MR) is 313 cm³/mol. The maximum absolute atomic E-state index is 13.1. The number of hydrogen-bond acceptors (Lipinski definition) is 4. The molecule has 9 rings (SSSR count). The van der Waals surface area contributed by atoms with Crippen molar-refractivity contribution in [3.8, 4) is 5.75 Å². The summed E-state index contributed by atoms with van der Waals surface area (Å²) in [5, 5.41) is 21.0. The van der Waals surface area contributed by atoms with Crippen molar-refractivity contribution in [3.63, 3.8) is 0 Å². The van der Waals surface area contributed by atoms with Crippen LogP contribution in [0.4, 0.5) is 0 Å². The molecular formula is C67H107B2O4-. The quantitative estimate of drug-likeness (QED) is 0.139. The van der Waals surface area contributed by atoms with Crippen LogP contribution < -0.4 is 0 Å². The fourth-order valence-electron chi connectivity index (χ4n) is 20.0. The van der Waals surface area contributed by atoms with E-state index in [1.807, 2.05) is 16.7 Å². The lowest BCUT2D eigenvalue weighted by Gasteiger charge is -2.62. The highest BCUT2D eigenvalue weighted by Gasteiger charge is 2.65. The van der Waals surface area contributed by atoms with Crippen LogP contribution in [0.3, 0.4) is 0 Å². The Kier molecular flexibility index (Phi) is 17.1. The van der Waals surface area contributed by atoms with Gasteiger partial charge in [0.15, 0.2) is 0 Å². The average molecular weight is 998 g/mol. The van der Waals surface area contributed by atoms with Crippen molar-refractivity contribution in [1.82, 2.24) is 0 Å². The van der Waals surface area contributed by atoms with Crippen LogP contribution in [0.2, 0.25) is 0 Å². The van der Waals surface area contributed by atoms with Gasteiger partial charge in [-0.1, -0.05) is 149 Å². The zero-order chi connectivity index (χ0) is 53.9. The summed E-state index contributed by atoms with van der Waals surface area (Å²) >= 11 is 0. The third-order valence-corrected chi connectivity index (χ3v) is 24.6. The lowest BCUT2D eigenvalue weighted by atomic mass is 9.43. The minimum absolute atomic E-state index is 0.00181. The molecule has 2 unspecified atom stereocenters. The van der Waals surface area contributed by atoms with Crippen LogP contribution in [0.1, 0.15) is 250 Å². The monoisotopic (exact) mass is 998 g/mol. The molecule has 0 spiro atoms. The Morgan fingerprint density at radius 3 is 1.51 bits per heavy atom. The number of aromatic hydroxyl groups is 1. The highest BCUT2D eigenvalue weighted by molar-refractivity contribution is 6.75. The number of hydrogen-bond donors (Lipinski definition) is 2. The summed E-state index contributed by atoms with van der Waals surface area (Å²) in [6.07, 6.45) is 29.6. The Bertz CT molecular complexity index is 2290. The fourth-order valence-corrected chi connectivity index (χ4v) is 20.0. The number of benzene rings is 1. The molecule has 4 saturated carbocycles. The number of ether oxygens (including phenoxy) is 1. The van der Waals surface area contributed by atoms with Gasteiger partial charge in [0.1, 0.15) is 17.4 Å². The van der Waals surface area contributed by atoms with Gasteiger partial charge in [-0.05, 0) is 242 Å². The van der Waals surface area contributed by atoms with E-state index in [0.29, 0.717) is 38.9 Å². The maximum atomic E-state index is 13.1. The van der Waals surface area contributed by atoms with Crippen molar-refractivity contribution in [2.45, 2.75) is 251 Å². The molecule has 14 atom stereocenters. The van der Waals surface area contributed by atoms with Gasteiger partial charge in [-0.25, -0.2) is 4.79 Å². The van der Waals surface area contributed by atoms with Crippen LogP contribution in [-0.2, 0) is 4.74 Å². The average Bonchev–Trinajstić information content (AvgIpc) is 3.78. The molecule has 2 radical (unpaired) electrons. The first-order chi connectivity index (χ1) is 34.1. The van der Waals surface area contributed by atoms with Gasteiger partial charge in [-0.3, -0.25) is 0 Å². The van der Waals surface area contributed by atoms with Crippen molar-refractivity contribution < 1.29 is 19.7 Å². The number of para-hydroxylation sites is 1. The molecule has 8 aliphatic carbocycles. The topological polar surface area (TPSA) is 66.8 Å². The van der Waals surface area contributed by atoms with E-state index >= 15 is 0 Å². The number of carbonyl (C=O) groups excluding carboxylic acids is 1. The van der Waals surface area contributed by atoms with E-state index in [9.17, 15) is 15.0 Å². The molecule has 0 heterocycles. The molecule has 4 nitrogen and oxygen atoms in total. The van der Waals surface area contributed by atoms with Crippen LogP contribution in [0.15, 0.2) is 69.9 Å². The van der Waals surface area contributed by atoms with E-state index in [-0.39, 0.29) is 47.5 Å². The molecular weight excluding hydrogens is 890 g/mol. The number of phenolic OH excluding ortho intramolecular Hbond substituents is 1. The normalized spacial score (nSPS) is 39.5. The molecule has 0 aromatic heterocycles. The van der Waals surface area contributed by atoms with E-state index < -0.39 is 5.97 Å². The molecule has 406 valence electrons. The van der Waals surface area contributed by atoms with E-state index in [1.54, 1.807) is 29.8 Å². The summed E-state index contributed by atoms with van der Waals surface area (Å²) in [4.78, 5) is 13.1. The Morgan fingerprint density at radius 1 is 0.616 bits per heavy atom. The first-order valence-corrected chi connectivity index (χ1v) is 29.5. The zero-order valence-corrected chi connectivity index (χ0v) is 49.0. The summed E-state index contributed by atoms with van der Waals surface area (Å²) in [6.45, 7) is 39.1. The number of fused-ring (bicyclic) bond motifs is 8. The van der Waals surface area contributed by atoms with Crippen molar-refractivity contribution in [1.29, 1.82) is 0 Å². The third kappa shape index (κ3) is 9.73. The highest BCUT2D eigenvalue weighted by atomic mass is 16.5. The first-order valence-electron chi connectivity index (χ1n) is 29.5. The number of allylic oxidation sites excluding steroid dienone is 8. The molecule has 4 fully saturated rings. The van der Waals surface area contributed by atoms with Crippen LogP contribution in [0, 0.1) is 78.8 Å². The van der Waals surface area contributed by atoms with Crippen molar-refractivity contribution >= 4 is 21.4 Å². The van der Waals surface area contributed by atoms with E-state index in [1.165, 1.54) is 120 Å². The number of phenols is 1. The Hall–Kier alpha value is -2.46. The standard InChI is InChI=1S/C37H54O3.C30H50O.B2H3/c1-24(2)12-11-13-25(3)27-18-22-37(8)29-16-17-31-34(4,5)32(40-33(39)26-14-9-10-15-30(26)38)20-21-35(31,6)28(29)19-23-36(27,37)7;1-20(2)10-9-11-21(3)22-14-18-30(8)24-12-13-25-27(4,5)26(31)16-17-28(25,6)23(24)15-19-29(22,30)7;1-2/h9-10,12,14-15,25,27,31-32,38H,11,13,16-23H2,1-8H3;10,21-22,25-26,31H,9,11-19H2,1-8H3;1H3/q;;-1/t25-,27-,31?,32+,35-,36-,37+;21-,22-,25?,26+,28-,29-,30+;/m11./s1. The number of rotatable bonds is 10. The lowest BCUT2D eigenvalue weighted by molar-refractivity contribution is -0.104. The summed E-state index contributed by atoms with van der Waals surface area (Å²) in [7, 11) is 5.00. The van der Waals surface area contributed by atoms with E-state index in [0.717, 1.165) is 42.9 Å². The smallest absolute Gasteiger partial charge is 0.342 e. The molecule has 1 aromatic carbocycles. The largest absolute Gasteiger partial charge is 0.507 e. The van der Waals surface area contributed by atoms with Crippen LogP contribution in [0.25, 0.3) is 0 Å². The summed E-state index contributed by atoms with van der Waals surface area (Å²) in [6, 6.07) is 6.74. The second kappa shape index (κ2) is 21.4. The number of carbonyl (C=O) groups is 1. The fraction of sp³-hybridized carbons (Fsp3) is 0.776. The summed E-state index contributed by atoms with van der Waals surface area (Å²) < 4.78 is 6.18. The molecule has 6 heteroatoms. The number of aliphatic hydroxyl groups excluding tert-OH is 1. The highest BCUT2D eigenvalue weighted by Crippen LogP contribution is 2.74. The molecule has 2 N–H and O–H groups in total. The van der Waals surface area contributed by atoms with Gasteiger partial charge in [0.05, 0.1) is 6.10 Å². The van der Waals surface area contributed by atoms with E-state index in [2.05, 4.69) is 123 Å². The van der Waals surface area contributed by atoms with Gasteiger partial charge in [-0.2, -0.15) is 7.74 Å². The van der Waals surface area contributed by atoms with Crippen LogP contribution >= 0.6 is 0 Å². The molecule has 1 aromatic rings. The second-order valence-corrected chi connectivity index (χ2v) is 29.0. The molecule has 8 aliphatic rings. The predicted octanol–water partition coefficient (Wildman–Crippen LogP) is 17.0. The maximum Gasteiger partial charge on any atom is 0.342 e. The first kappa shape index (κ1) is 58.2. The Balaban J connectivity index is 0.000000213. The van der Waals surface area contributed by atoms with Crippen LogP contribution in [-0.4, -0.2) is 43.9 Å². The zero-order valence-electron chi connectivity index (χ0n) is 49.0. The minimum Gasteiger partial charge on any atom is -0.507 e. The second-order valence-electron chi connectivity index (χ2n) is 29.0. The summed E-state index contributed by atoms with van der Waals surface area (Å²) in [5.41, 5.74) is 12.5. The SMILES string of the molecule is CC(C)=CCC[C@@H](C)[C@H]1CC[C@@]2(C)C3=C(CC[C@]12C)[C@@]1(C)CC[C@H](O)C(C)(C)C1CC3.CC(C)=CCC[C@@H](C)[C@H]1CC[C@@]2(C)C3=C(CC[C@]12C)[C@@]1(C)CC[C@H](OC(=O)c2ccccc2O)C(C)(C)C1CC3.[B][BH3-]. The van der Waals surface area contributed by atoms with Gasteiger partial charge in [0.25, 0.3) is 0 Å². The van der Waals surface area contributed by atoms with Gasteiger partial charge in [0.2, 0.25) is 0 Å². The number of aliphatic hydroxyl groups is 1. The van der Waals surface area contributed by atoms with Gasteiger partial charge in [0, 0.05) is 5.41 Å². The van der Waals surface area contributed by atoms with Gasteiger partial charge in [-0.15, -0.1) is 0 Å². The molecule has 0 amide bonds. The minimum atomic E-state index is -0.396. The molecule has 0 saturated heterocycles. The van der Waals surface area contributed by atoms with E-state index in [4.69, 9.17) is 12.5 Å². The van der Waals surface area contributed by atoms with Gasteiger partial charge >= 0.3 is 5.97 Å².